The largest absolute Gasteiger partial charge is 0.382 e. The lowest BCUT2D eigenvalue weighted by Gasteiger charge is -1.93. The van der Waals surface area contributed by atoms with Gasteiger partial charge in [-0.2, -0.15) is 9.80 Å². The average Bonchev–Trinajstić information content (AvgIpc) is 2.63. The van der Waals surface area contributed by atoms with E-state index in [-0.39, 0.29) is 11.5 Å². The molecule has 0 atom stereocenters. The zero-order valence-electron chi connectivity index (χ0n) is 10.5. The summed E-state index contributed by atoms with van der Waals surface area (Å²) in [7, 11) is 0. The molecule has 0 saturated heterocycles. The molecule has 2 rings (SSSR count). The standard InChI is InChI=1S/C12H13N5O2/c1-7-4-3-5-9(6-7)14-15-10-11(13)16-17(8(2)18)12(10)19/h3-6,16H,13H2,1-2H3. The van der Waals surface area contributed by atoms with Gasteiger partial charge in [-0.3, -0.25) is 14.7 Å². The summed E-state index contributed by atoms with van der Waals surface area (Å²) in [6, 6.07) is 7.32. The Bertz CT molecular complexity index is 711. The predicted molar refractivity (Wildman–Crippen MR) is 71.1 cm³/mol. The van der Waals surface area contributed by atoms with Crippen LogP contribution in [0.3, 0.4) is 0 Å². The molecule has 0 radical (unpaired) electrons. The van der Waals surface area contributed by atoms with Crippen molar-refractivity contribution in [2.45, 2.75) is 13.8 Å². The fraction of sp³-hybridized carbons (Fsp3) is 0.167. The molecular formula is C12H13N5O2. The quantitative estimate of drug-likeness (QED) is 0.807. The van der Waals surface area contributed by atoms with Gasteiger partial charge in [0.15, 0.2) is 5.69 Å². The first-order valence-electron chi connectivity index (χ1n) is 5.59. The summed E-state index contributed by atoms with van der Waals surface area (Å²) >= 11 is 0. The number of hydrogen-bond donors (Lipinski definition) is 2. The molecule has 0 spiro atoms. The number of benzene rings is 1. The van der Waals surface area contributed by atoms with Crippen LogP contribution in [0.5, 0.6) is 0 Å². The Morgan fingerprint density at radius 3 is 2.68 bits per heavy atom. The van der Waals surface area contributed by atoms with Crippen LogP contribution in [0.15, 0.2) is 39.3 Å². The van der Waals surface area contributed by atoms with E-state index in [2.05, 4.69) is 15.3 Å². The topological polar surface area (TPSA) is 106 Å². The number of aromatic amines is 1. The number of carbonyl (C=O) groups is 1. The Morgan fingerprint density at radius 2 is 2.11 bits per heavy atom. The smallest absolute Gasteiger partial charge is 0.303 e. The number of nitrogens with one attached hydrogen (secondary N) is 1. The minimum atomic E-state index is -0.610. The van der Waals surface area contributed by atoms with Crippen LogP contribution in [0, 0.1) is 6.92 Å². The van der Waals surface area contributed by atoms with E-state index < -0.39 is 11.5 Å². The second-order valence-electron chi connectivity index (χ2n) is 4.07. The van der Waals surface area contributed by atoms with Gasteiger partial charge in [-0.1, -0.05) is 12.1 Å². The lowest BCUT2D eigenvalue weighted by molar-refractivity contribution is 0.0917. The molecule has 0 aliphatic heterocycles. The van der Waals surface area contributed by atoms with Crippen LogP contribution >= 0.6 is 0 Å². The number of nitrogens with zero attached hydrogens (tertiary/aromatic N) is 3. The van der Waals surface area contributed by atoms with Crippen molar-refractivity contribution in [2.24, 2.45) is 10.2 Å². The maximum absolute atomic E-state index is 11.8. The number of nitrogens with two attached hydrogens (primary N) is 1. The third-order valence-electron chi connectivity index (χ3n) is 2.48. The Kier molecular flexibility index (Phi) is 3.28. The van der Waals surface area contributed by atoms with Crippen molar-refractivity contribution in [1.82, 2.24) is 9.78 Å². The number of aryl methyl sites for hydroxylation is 1. The highest BCUT2D eigenvalue weighted by molar-refractivity contribution is 5.77. The lowest BCUT2D eigenvalue weighted by Crippen LogP contribution is -2.21. The van der Waals surface area contributed by atoms with Gasteiger partial charge in [-0.15, -0.1) is 5.11 Å². The summed E-state index contributed by atoms with van der Waals surface area (Å²) in [5.41, 5.74) is 6.54. The molecule has 19 heavy (non-hydrogen) atoms. The van der Waals surface area contributed by atoms with Gasteiger partial charge in [-0.25, -0.2) is 0 Å². The first-order valence-corrected chi connectivity index (χ1v) is 5.59. The van der Waals surface area contributed by atoms with E-state index in [4.69, 9.17) is 5.73 Å². The second-order valence-corrected chi connectivity index (χ2v) is 4.07. The first-order chi connectivity index (χ1) is 8.99. The molecule has 1 heterocycles. The zero-order chi connectivity index (χ0) is 14.0. The molecule has 2 aromatic rings. The van der Waals surface area contributed by atoms with Crippen molar-refractivity contribution in [2.75, 3.05) is 5.73 Å². The summed E-state index contributed by atoms with van der Waals surface area (Å²) in [4.78, 5) is 23.0. The third-order valence-corrected chi connectivity index (χ3v) is 2.48. The maximum Gasteiger partial charge on any atom is 0.303 e. The van der Waals surface area contributed by atoms with Crippen molar-refractivity contribution >= 4 is 23.1 Å². The molecule has 0 saturated carbocycles. The van der Waals surface area contributed by atoms with E-state index in [1.54, 1.807) is 6.07 Å². The van der Waals surface area contributed by atoms with Crippen LogP contribution in [-0.2, 0) is 0 Å². The molecule has 1 aromatic heterocycles. The van der Waals surface area contributed by atoms with E-state index in [1.165, 1.54) is 6.92 Å². The molecule has 3 N–H and O–H groups in total. The third kappa shape index (κ3) is 2.59. The first kappa shape index (κ1) is 12.7. The van der Waals surface area contributed by atoms with E-state index in [1.807, 2.05) is 25.1 Å². The molecule has 1 aromatic carbocycles. The molecule has 7 nitrogen and oxygen atoms in total. The van der Waals surface area contributed by atoms with E-state index in [0.717, 1.165) is 10.2 Å². The Morgan fingerprint density at radius 1 is 1.37 bits per heavy atom. The Labute approximate surface area is 108 Å². The minimum absolute atomic E-state index is 0.0107. The predicted octanol–water partition coefficient (Wildman–Crippen LogP) is 2.14. The lowest BCUT2D eigenvalue weighted by atomic mass is 10.2. The highest BCUT2D eigenvalue weighted by Crippen LogP contribution is 2.19. The van der Waals surface area contributed by atoms with Gasteiger partial charge in [-0.05, 0) is 24.6 Å². The fourth-order valence-corrected chi connectivity index (χ4v) is 1.56. The van der Waals surface area contributed by atoms with Crippen LogP contribution in [0.1, 0.15) is 17.3 Å². The summed E-state index contributed by atoms with van der Waals surface area (Å²) in [5.74, 6) is -0.453. The maximum atomic E-state index is 11.8. The van der Waals surface area contributed by atoms with Gasteiger partial charge < -0.3 is 5.73 Å². The van der Waals surface area contributed by atoms with Gasteiger partial charge in [0.1, 0.15) is 5.82 Å². The van der Waals surface area contributed by atoms with E-state index in [0.29, 0.717) is 5.69 Å². The summed E-state index contributed by atoms with van der Waals surface area (Å²) in [6.45, 7) is 3.17. The van der Waals surface area contributed by atoms with E-state index in [9.17, 15) is 9.59 Å². The van der Waals surface area contributed by atoms with Crippen LogP contribution in [-0.4, -0.2) is 15.7 Å². The van der Waals surface area contributed by atoms with Crippen molar-refractivity contribution in [3.8, 4) is 0 Å². The molecule has 7 heteroatoms. The number of hydrogen-bond acceptors (Lipinski definition) is 5. The second kappa shape index (κ2) is 4.89. The van der Waals surface area contributed by atoms with Crippen LogP contribution in [0.4, 0.5) is 17.2 Å². The van der Waals surface area contributed by atoms with Crippen LogP contribution in [0.25, 0.3) is 0 Å². The number of nitrogen functional groups attached to an aromatic ring is 1. The summed E-state index contributed by atoms with van der Waals surface area (Å²) in [5, 5.41) is 10.2. The van der Waals surface area contributed by atoms with Crippen molar-refractivity contribution in [3.63, 3.8) is 0 Å². The van der Waals surface area contributed by atoms with Crippen molar-refractivity contribution in [1.29, 1.82) is 0 Å². The number of aromatic nitrogens is 2. The van der Waals surface area contributed by atoms with Crippen LogP contribution < -0.4 is 11.3 Å². The van der Waals surface area contributed by atoms with Crippen molar-refractivity contribution < 1.29 is 4.79 Å². The number of azo groups is 1. The van der Waals surface area contributed by atoms with Crippen LogP contribution in [0.2, 0.25) is 0 Å². The summed E-state index contributed by atoms with van der Waals surface area (Å²) in [6.07, 6.45) is 0. The Balaban J connectivity index is 2.39. The summed E-state index contributed by atoms with van der Waals surface area (Å²) < 4.78 is 0.792. The minimum Gasteiger partial charge on any atom is -0.382 e. The van der Waals surface area contributed by atoms with Crippen molar-refractivity contribution in [3.05, 3.63) is 40.2 Å². The monoisotopic (exact) mass is 259 g/mol. The van der Waals surface area contributed by atoms with Gasteiger partial charge in [0.05, 0.1) is 5.69 Å². The molecule has 0 amide bonds. The van der Waals surface area contributed by atoms with Gasteiger partial charge >= 0.3 is 5.56 Å². The molecule has 0 bridgehead atoms. The fourth-order valence-electron chi connectivity index (χ4n) is 1.56. The van der Waals surface area contributed by atoms with E-state index >= 15 is 0 Å². The average molecular weight is 259 g/mol. The SMILES string of the molecule is CC(=O)n1[nH]c(N)c(N=Nc2cccc(C)c2)c1=O. The molecule has 98 valence electrons. The molecule has 0 aliphatic rings. The molecule has 0 fully saturated rings. The van der Waals surface area contributed by atoms with Gasteiger partial charge in [0, 0.05) is 6.92 Å². The number of H-pyrrole nitrogens is 1. The number of anilines is 1. The highest BCUT2D eigenvalue weighted by atomic mass is 16.2. The van der Waals surface area contributed by atoms with Gasteiger partial charge in [0.2, 0.25) is 5.91 Å². The molecule has 0 aliphatic carbocycles. The number of rotatable bonds is 2. The highest BCUT2D eigenvalue weighted by Gasteiger charge is 2.13. The molecular weight excluding hydrogens is 246 g/mol. The zero-order valence-corrected chi connectivity index (χ0v) is 10.5. The Hall–Kier alpha value is -2.70. The van der Waals surface area contributed by atoms with Gasteiger partial charge in [0.25, 0.3) is 0 Å². The number of carbonyl (C=O) groups excluding carboxylic acids is 1. The molecule has 0 unspecified atom stereocenters. The normalized spacial score (nSPS) is 11.1.